The van der Waals surface area contributed by atoms with Crippen molar-refractivity contribution in [3.8, 4) is 0 Å². The van der Waals surface area contributed by atoms with Crippen LogP contribution in [0.1, 0.15) is 11.1 Å². The van der Waals surface area contributed by atoms with Gasteiger partial charge >= 0.3 is 0 Å². The predicted molar refractivity (Wildman–Crippen MR) is 122 cm³/mol. The molecule has 3 aromatic carbocycles. The monoisotopic (exact) mass is 400 g/mol. The van der Waals surface area contributed by atoms with Crippen LogP contribution in [0.5, 0.6) is 0 Å². The van der Waals surface area contributed by atoms with Gasteiger partial charge in [0.25, 0.3) is 0 Å². The zero-order valence-corrected chi connectivity index (χ0v) is 16.7. The second-order valence-electron chi connectivity index (χ2n) is 6.27. The summed E-state index contributed by atoms with van der Waals surface area (Å²) in [5, 5.41) is 14.2. The van der Waals surface area contributed by atoms with E-state index >= 15 is 0 Å². The Labute approximate surface area is 175 Å². The minimum atomic E-state index is -0.295. The summed E-state index contributed by atoms with van der Waals surface area (Å²) in [7, 11) is 0. The molecule has 0 aliphatic heterocycles. The summed E-state index contributed by atoms with van der Waals surface area (Å²) in [6, 6.07) is 24.7. The summed E-state index contributed by atoms with van der Waals surface area (Å²) in [6.07, 6.45) is 3.19. The van der Waals surface area contributed by atoms with Crippen molar-refractivity contribution in [2.45, 2.75) is 6.92 Å². The Morgan fingerprint density at radius 1 is 0.862 bits per heavy atom. The number of carbonyl (C=O) groups excluding carboxylic acids is 1. The highest BCUT2D eigenvalue weighted by Crippen LogP contribution is 2.20. The van der Waals surface area contributed by atoms with E-state index in [1.807, 2.05) is 85.8 Å². The second-order valence-corrected chi connectivity index (χ2v) is 6.68. The van der Waals surface area contributed by atoms with Gasteiger partial charge in [0.2, 0.25) is 5.91 Å². The maximum absolute atomic E-state index is 12.0. The van der Waals surface area contributed by atoms with E-state index in [9.17, 15) is 4.79 Å². The highest BCUT2D eigenvalue weighted by molar-refractivity contribution is 7.80. The Hall–Kier alpha value is -3.64. The molecule has 0 unspecified atom stereocenters. The fraction of sp³-hybridized carbons (Fsp3) is 0.0435. The van der Waals surface area contributed by atoms with Gasteiger partial charge in [-0.15, -0.1) is 0 Å². The van der Waals surface area contributed by atoms with E-state index in [1.54, 1.807) is 6.08 Å². The lowest BCUT2D eigenvalue weighted by Crippen LogP contribution is -2.32. The second kappa shape index (κ2) is 10.1. The summed E-state index contributed by atoms with van der Waals surface area (Å²) in [4.78, 5) is 12.0. The van der Waals surface area contributed by atoms with Crippen LogP contribution >= 0.6 is 12.2 Å². The minimum absolute atomic E-state index is 0.224. The predicted octanol–water partition coefficient (Wildman–Crippen LogP) is 5.94. The first-order valence-electron chi connectivity index (χ1n) is 9.02. The number of nitrogens with zero attached hydrogens (tertiary/aromatic N) is 2. The van der Waals surface area contributed by atoms with Crippen LogP contribution in [-0.4, -0.2) is 11.0 Å². The molecular weight excluding hydrogens is 380 g/mol. The molecule has 1 amide bonds. The summed E-state index contributed by atoms with van der Waals surface area (Å²) in [5.74, 6) is -0.295. The number of nitrogens with one attached hydrogen (secondary N) is 2. The van der Waals surface area contributed by atoms with E-state index in [2.05, 4.69) is 20.9 Å². The SMILES string of the molecule is Cc1ccc(/C=C/C(=O)NC(=S)Nc2ccc(N=Nc3ccccc3)cc2)cc1. The Kier molecular flexibility index (Phi) is 6.97. The average molecular weight is 401 g/mol. The molecule has 0 aliphatic rings. The van der Waals surface area contributed by atoms with E-state index < -0.39 is 0 Å². The quantitative estimate of drug-likeness (QED) is 0.317. The molecule has 0 spiro atoms. The molecule has 0 atom stereocenters. The Balaban J connectivity index is 1.50. The topological polar surface area (TPSA) is 65.8 Å². The van der Waals surface area contributed by atoms with Crippen LogP contribution in [-0.2, 0) is 4.79 Å². The largest absolute Gasteiger partial charge is 0.332 e. The molecule has 144 valence electrons. The van der Waals surface area contributed by atoms with Crippen molar-refractivity contribution >= 4 is 46.4 Å². The molecule has 0 aliphatic carbocycles. The molecule has 0 saturated heterocycles. The molecule has 6 heteroatoms. The fourth-order valence-corrected chi connectivity index (χ4v) is 2.61. The summed E-state index contributed by atoms with van der Waals surface area (Å²) in [6.45, 7) is 2.02. The summed E-state index contributed by atoms with van der Waals surface area (Å²) in [5.41, 5.74) is 4.37. The number of aryl methyl sites for hydroxylation is 1. The third-order valence-corrected chi connectivity index (χ3v) is 4.11. The first-order chi connectivity index (χ1) is 14.1. The highest BCUT2D eigenvalue weighted by atomic mass is 32.1. The number of amides is 1. The molecule has 0 fully saturated rings. The molecule has 0 bridgehead atoms. The van der Waals surface area contributed by atoms with Gasteiger partial charge in [-0.3, -0.25) is 10.1 Å². The van der Waals surface area contributed by atoms with Crippen LogP contribution < -0.4 is 10.6 Å². The lowest BCUT2D eigenvalue weighted by molar-refractivity contribution is -0.115. The van der Waals surface area contributed by atoms with Gasteiger partial charge in [0, 0.05) is 11.8 Å². The maximum atomic E-state index is 12.0. The van der Waals surface area contributed by atoms with E-state index in [-0.39, 0.29) is 11.0 Å². The number of benzene rings is 3. The van der Waals surface area contributed by atoms with Gasteiger partial charge in [0.1, 0.15) is 0 Å². The molecule has 0 heterocycles. The Morgan fingerprint density at radius 3 is 2.14 bits per heavy atom. The lowest BCUT2D eigenvalue weighted by Gasteiger charge is -2.08. The Morgan fingerprint density at radius 2 is 1.48 bits per heavy atom. The number of hydrogen-bond donors (Lipinski definition) is 2. The zero-order chi connectivity index (χ0) is 20.5. The molecule has 29 heavy (non-hydrogen) atoms. The van der Waals surface area contributed by atoms with Gasteiger partial charge in [-0.05, 0) is 67.2 Å². The molecule has 5 nitrogen and oxygen atoms in total. The van der Waals surface area contributed by atoms with Gasteiger partial charge in [0.05, 0.1) is 11.4 Å². The van der Waals surface area contributed by atoms with Crippen LogP contribution in [0.15, 0.2) is 95.2 Å². The summed E-state index contributed by atoms with van der Waals surface area (Å²) >= 11 is 5.19. The van der Waals surface area contributed by atoms with Gasteiger partial charge in [-0.2, -0.15) is 10.2 Å². The Bertz CT molecular complexity index is 1030. The zero-order valence-electron chi connectivity index (χ0n) is 15.9. The highest BCUT2D eigenvalue weighted by Gasteiger charge is 2.02. The van der Waals surface area contributed by atoms with Crippen LogP contribution in [0.3, 0.4) is 0 Å². The number of thiocarbonyl (C=S) groups is 1. The van der Waals surface area contributed by atoms with E-state index in [1.165, 1.54) is 11.6 Å². The minimum Gasteiger partial charge on any atom is -0.332 e. The van der Waals surface area contributed by atoms with Crippen molar-refractivity contribution in [3.05, 3.63) is 96.1 Å². The number of anilines is 1. The first-order valence-corrected chi connectivity index (χ1v) is 9.43. The van der Waals surface area contributed by atoms with Gasteiger partial charge in [-0.25, -0.2) is 0 Å². The molecule has 3 aromatic rings. The van der Waals surface area contributed by atoms with E-state index in [0.717, 1.165) is 22.6 Å². The summed E-state index contributed by atoms with van der Waals surface area (Å²) < 4.78 is 0. The van der Waals surface area contributed by atoms with Gasteiger partial charge in [-0.1, -0.05) is 48.0 Å². The van der Waals surface area contributed by atoms with Crippen LogP contribution in [0, 0.1) is 6.92 Å². The van der Waals surface area contributed by atoms with Crippen molar-refractivity contribution < 1.29 is 4.79 Å². The number of hydrogen-bond acceptors (Lipinski definition) is 4. The molecule has 2 N–H and O–H groups in total. The van der Waals surface area contributed by atoms with Crippen LogP contribution in [0.4, 0.5) is 17.1 Å². The molecule has 0 saturated carbocycles. The van der Waals surface area contributed by atoms with Gasteiger partial charge < -0.3 is 5.32 Å². The number of carbonyl (C=O) groups is 1. The average Bonchev–Trinajstić information content (AvgIpc) is 2.73. The fourth-order valence-electron chi connectivity index (χ4n) is 2.39. The third-order valence-electron chi connectivity index (χ3n) is 3.90. The van der Waals surface area contributed by atoms with Gasteiger partial charge in [0.15, 0.2) is 5.11 Å². The van der Waals surface area contributed by atoms with E-state index in [4.69, 9.17) is 12.2 Å². The number of azo groups is 1. The first kappa shape index (κ1) is 20.1. The van der Waals surface area contributed by atoms with Crippen molar-refractivity contribution in [2.24, 2.45) is 10.2 Å². The smallest absolute Gasteiger partial charge is 0.250 e. The van der Waals surface area contributed by atoms with Crippen molar-refractivity contribution in [3.63, 3.8) is 0 Å². The molecule has 3 rings (SSSR count). The maximum Gasteiger partial charge on any atom is 0.250 e. The van der Waals surface area contributed by atoms with Crippen molar-refractivity contribution in [2.75, 3.05) is 5.32 Å². The normalized spacial score (nSPS) is 10.9. The van der Waals surface area contributed by atoms with Crippen LogP contribution in [0.25, 0.3) is 6.08 Å². The molecular formula is C23H20N4OS. The standard InChI is InChI=1S/C23H20N4OS/c1-17-7-9-18(10-8-17)11-16-22(28)25-23(29)24-19-12-14-21(15-13-19)27-26-20-5-3-2-4-6-20/h2-16H,1H3,(H2,24,25,28,29)/b16-11+,27-26?. The van der Waals surface area contributed by atoms with Crippen molar-refractivity contribution in [1.29, 1.82) is 0 Å². The lowest BCUT2D eigenvalue weighted by atomic mass is 10.1. The molecule has 0 radical (unpaired) electrons. The molecule has 0 aromatic heterocycles. The van der Waals surface area contributed by atoms with E-state index in [0.29, 0.717) is 0 Å². The number of rotatable bonds is 5. The van der Waals surface area contributed by atoms with Crippen LogP contribution in [0.2, 0.25) is 0 Å². The van der Waals surface area contributed by atoms with Crippen molar-refractivity contribution in [1.82, 2.24) is 5.32 Å². The third kappa shape index (κ3) is 6.79.